The average molecular weight is 2120 g/mol. The summed E-state index contributed by atoms with van der Waals surface area (Å²) in [6.45, 7) is 0. The van der Waals surface area contributed by atoms with Gasteiger partial charge in [0.2, 0.25) is 0 Å². The molecule has 10 aromatic rings. The summed E-state index contributed by atoms with van der Waals surface area (Å²) in [6.07, 6.45) is 43.9. The Hall–Kier alpha value is -15.0. The summed E-state index contributed by atoms with van der Waals surface area (Å²) in [5, 5.41) is 0. The summed E-state index contributed by atoms with van der Waals surface area (Å²) in [4.78, 5) is 46.9. The number of nitrogens with zero attached hydrogens (tertiary/aromatic N) is 15. The van der Waals surface area contributed by atoms with Crippen molar-refractivity contribution in [2.24, 2.45) is 0 Å². The molecule has 0 fully saturated rings. The van der Waals surface area contributed by atoms with Crippen LogP contribution in [-0.4, -0.2) is 263 Å². The van der Waals surface area contributed by atoms with Gasteiger partial charge >= 0.3 is 31.1 Å². The van der Waals surface area contributed by atoms with Crippen LogP contribution in [0.25, 0.3) is 27.9 Å². The van der Waals surface area contributed by atoms with Crippen LogP contribution in [0.2, 0.25) is 0 Å². The van der Waals surface area contributed by atoms with Crippen LogP contribution in [0.15, 0.2) is 392 Å². The summed E-state index contributed by atoms with van der Waals surface area (Å²) >= 11 is -6.02. The molecule has 0 aliphatic heterocycles. The van der Waals surface area contributed by atoms with E-state index in [1.165, 1.54) is 197 Å². The molecule has 25 heteroatoms. The van der Waals surface area contributed by atoms with Crippen LogP contribution in [0.5, 0.6) is 0 Å². The van der Waals surface area contributed by atoms with Gasteiger partial charge in [0, 0.05) is 259 Å². The zero-order valence-electron chi connectivity index (χ0n) is 93.0. The number of allylic oxidation sites excluding steroid dienone is 25. The third-order valence-electron chi connectivity index (χ3n) is 25.1. The van der Waals surface area contributed by atoms with E-state index in [1.807, 2.05) is 0 Å². The monoisotopic (exact) mass is 2120 g/mol. The molecular weight excluding hydrogens is 1970 g/mol. The van der Waals surface area contributed by atoms with Crippen LogP contribution in [0.3, 0.4) is 0 Å². The van der Waals surface area contributed by atoms with Gasteiger partial charge in [0.05, 0.1) is 0 Å². The van der Waals surface area contributed by atoms with E-state index >= 15 is 0 Å². The Morgan fingerprint density at radius 3 is 0.313 bits per heavy atom. The Morgan fingerprint density at radius 1 is 0.180 bits per heavy atom. The first-order chi connectivity index (χ1) is 70.8. The molecule has 150 heavy (non-hydrogen) atoms. The van der Waals surface area contributed by atoms with Gasteiger partial charge in [-0.05, 0) is 293 Å². The van der Waals surface area contributed by atoms with Gasteiger partial charge in [-0.25, -0.2) is 22.9 Å². The minimum atomic E-state index is -6.02. The number of anilines is 10. The molecule has 0 atom stereocenters. The maximum absolute atomic E-state index is 8.63. The Labute approximate surface area is 896 Å². The molecule has 0 saturated carbocycles. The fourth-order valence-electron chi connectivity index (χ4n) is 16.4. The predicted octanol–water partition coefficient (Wildman–Crippen LogP) is 16.9. The molecule has 0 N–H and O–H groups in total. The number of hydrogen-bond donors (Lipinski definition) is 0. The number of benzene rings is 10. The first-order valence-corrected chi connectivity index (χ1v) is 54.0. The van der Waals surface area contributed by atoms with Crippen molar-refractivity contribution in [1.29, 1.82) is 0 Å². The van der Waals surface area contributed by atoms with E-state index in [-0.39, 0.29) is 0 Å². The van der Waals surface area contributed by atoms with Crippen molar-refractivity contribution >= 4 is 121 Å². The van der Waals surface area contributed by atoms with Crippen molar-refractivity contribution in [3.8, 4) is 0 Å². The molecular formula is C125H150MoN15O8P. The maximum atomic E-state index is 8.63. The topological polar surface area (TPSA) is 214 Å². The number of hydrogen-bond acceptors (Lipinski definition) is 18. The average Bonchev–Trinajstić information content (AvgIpc) is 0.814. The molecule has 0 radical (unpaired) electrons. The van der Waals surface area contributed by atoms with Gasteiger partial charge in [-0.3, -0.25) is 0 Å². The van der Waals surface area contributed by atoms with Crippen LogP contribution in [0.1, 0.15) is 55.6 Å². The number of rotatable bonds is 20. The standard InChI is InChI=1S/5C25H30N3.Mo.H3O4P.4O/c5*1-26(2)22-13-7-19(8-14-22)25(20-9-15-23(16-10-20)27(3)4)21-11-17-24(18-12-21)28(5)6;;1-5(2,3)4;;;;/h5*7-18H,1-6H3;;(H3,1,2,3,4);;;;/q5*+1;;;;;2*-1/p-3. The van der Waals surface area contributed by atoms with Crippen LogP contribution >= 0.6 is 7.82 Å². The van der Waals surface area contributed by atoms with E-state index < -0.39 is 24.6 Å². The molecule has 5 aliphatic rings. The first-order valence-electron chi connectivity index (χ1n) is 49.2. The van der Waals surface area contributed by atoms with Gasteiger partial charge in [-0.15, -0.1) is 0 Å². The Balaban J connectivity index is 0.000000203. The van der Waals surface area contributed by atoms with Crippen molar-refractivity contribution in [3.63, 3.8) is 0 Å². The van der Waals surface area contributed by atoms with Crippen molar-refractivity contribution in [3.05, 3.63) is 448 Å². The van der Waals surface area contributed by atoms with Crippen molar-refractivity contribution in [2.75, 3.05) is 260 Å². The van der Waals surface area contributed by atoms with Gasteiger partial charge in [-0.2, -0.15) is 7.82 Å². The van der Waals surface area contributed by atoms with Crippen molar-refractivity contribution in [1.82, 2.24) is 0 Å². The molecule has 0 saturated heterocycles. The molecule has 23 nitrogen and oxygen atoms in total. The predicted molar refractivity (Wildman–Crippen MR) is 624 cm³/mol. The Morgan fingerprint density at radius 2 is 0.253 bits per heavy atom. The molecule has 784 valence electrons. The first kappa shape index (κ1) is 119. The summed E-state index contributed by atoms with van der Waals surface area (Å²) in [6, 6.07) is 87.8. The SMILES string of the molecule is CN(C)c1ccc(C(=C2C=CC(=[N+](C)C)C=C2)c2ccc(N(C)C)cc2)cc1.CN(C)c1ccc(C(=C2C=CC(=[N+](C)C)C=C2)c2ccc(N(C)C)cc2)cc1.CN(C)c1ccc(C(=C2C=CC(=[N+](C)C)C=C2)c2ccc(N(C)C)cc2)cc1.CN(C)c1ccc(C(=C2C=CC(=[N+](C)C)C=C2)c2ccc(N(C)C)cc2)cc1.CN(C)c1ccc(C(=C2C=CC(=[N+](C)C)C=C2)c2ccc(N(C)C)cc2)cc1.O=P([O-])([O-])[O-].[O]=[Mo](=[O])([O-])[O-]. The number of phosphoric acid groups is 1. The molecule has 15 rings (SSSR count). The van der Waals surface area contributed by atoms with Crippen molar-refractivity contribution in [2.45, 2.75) is 0 Å². The van der Waals surface area contributed by atoms with E-state index in [9.17, 15) is 0 Å². The van der Waals surface area contributed by atoms with Gasteiger partial charge in [0.25, 0.3) is 0 Å². The fourth-order valence-corrected chi connectivity index (χ4v) is 16.4. The van der Waals surface area contributed by atoms with Crippen LogP contribution < -0.4 is 71.2 Å². The summed E-state index contributed by atoms with van der Waals surface area (Å²) in [5.41, 5.74) is 42.6. The second-order valence-corrected chi connectivity index (χ2v) is 42.3. The van der Waals surface area contributed by atoms with Gasteiger partial charge in [-0.1, -0.05) is 121 Å². The molecule has 0 bridgehead atoms. The summed E-state index contributed by atoms with van der Waals surface area (Å²) < 4.78 is 53.7. The third kappa shape index (κ3) is 35.6. The quantitative estimate of drug-likeness (QED) is 0.0394. The van der Waals surface area contributed by atoms with Gasteiger partial charge < -0.3 is 68.2 Å². The molecule has 0 heterocycles. The van der Waals surface area contributed by atoms with Crippen LogP contribution in [-0.2, 0) is 28.1 Å². The van der Waals surface area contributed by atoms with E-state index in [4.69, 9.17) is 33.6 Å². The van der Waals surface area contributed by atoms with Crippen LogP contribution in [0.4, 0.5) is 56.9 Å². The van der Waals surface area contributed by atoms with E-state index in [0.717, 1.165) is 0 Å². The molecule has 0 aromatic heterocycles. The van der Waals surface area contributed by atoms with E-state index in [1.54, 1.807) is 0 Å². The molecule has 10 aromatic carbocycles. The van der Waals surface area contributed by atoms with Crippen LogP contribution in [0, 0.1) is 0 Å². The van der Waals surface area contributed by atoms with Gasteiger partial charge in [0.1, 0.15) is 70.5 Å². The second kappa shape index (κ2) is 55.3. The van der Waals surface area contributed by atoms with Crippen molar-refractivity contribution < 1.29 is 73.2 Å². The van der Waals surface area contributed by atoms with E-state index in [2.05, 4.69) is 647 Å². The molecule has 0 spiro atoms. The summed E-state index contributed by atoms with van der Waals surface area (Å²) in [7, 11) is 56.7. The Bertz CT molecular complexity index is 5850. The third-order valence-corrected chi connectivity index (χ3v) is 25.1. The molecule has 0 unspecified atom stereocenters. The fraction of sp³-hybridized carbons (Fsp3) is 0.240. The van der Waals surface area contributed by atoms with E-state index in [0.29, 0.717) is 0 Å². The minimum absolute atomic E-state index is 1.20. The summed E-state index contributed by atoms with van der Waals surface area (Å²) in [5.74, 6) is 0. The second-order valence-electron chi connectivity index (χ2n) is 39.3. The Kier molecular flexibility index (Phi) is 43.7. The molecule has 0 amide bonds. The zero-order chi connectivity index (χ0) is 110. The van der Waals surface area contributed by atoms with Gasteiger partial charge in [0.15, 0.2) is 28.6 Å². The zero-order valence-corrected chi connectivity index (χ0v) is 95.9. The normalized spacial score (nSPS) is 12.8. The molecule has 5 aliphatic carbocycles.